The number of hydrogen-bond acceptors (Lipinski definition) is 8. The first-order valence-electron chi connectivity index (χ1n) is 12.6. The van der Waals surface area contributed by atoms with Crippen LogP contribution in [0.2, 0.25) is 0 Å². The van der Waals surface area contributed by atoms with E-state index >= 15 is 0 Å². The van der Waals surface area contributed by atoms with Gasteiger partial charge in [-0.1, -0.05) is 50.2 Å². The van der Waals surface area contributed by atoms with Crippen molar-refractivity contribution in [3.63, 3.8) is 0 Å². The molecule has 36 heavy (non-hydrogen) atoms. The lowest BCUT2D eigenvalue weighted by atomic mass is 9.96. The number of rotatable bonds is 9. The number of piperidine rings is 1. The lowest BCUT2D eigenvalue weighted by Crippen LogP contribution is -2.42. The van der Waals surface area contributed by atoms with Crippen molar-refractivity contribution in [3.8, 4) is 6.07 Å². The number of hydrogen-bond donors (Lipinski definition) is 0. The van der Waals surface area contributed by atoms with Gasteiger partial charge in [-0.15, -0.1) is 0 Å². The van der Waals surface area contributed by atoms with Gasteiger partial charge >= 0.3 is 5.97 Å². The molecular formula is C26H34N4O4S2. The molecule has 0 bridgehead atoms. The molecular weight excluding hydrogens is 496 g/mol. The molecule has 2 saturated heterocycles. The third kappa shape index (κ3) is 5.84. The Hall–Kier alpha value is -2.64. The molecule has 2 aliphatic rings. The second-order valence-corrected chi connectivity index (χ2v) is 10.8. The number of pyridine rings is 1. The number of esters is 1. The maximum absolute atomic E-state index is 13.2. The molecule has 1 amide bonds. The SMILES string of the molecule is CCCCCCN1C(=O)/C(=C/c2c(C)c(C#N)c(=O)n(C)c2N2CCCC(C(=O)OCC)C2)SC1=S. The van der Waals surface area contributed by atoms with Crippen molar-refractivity contribution in [3.05, 3.63) is 31.9 Å². The van der Waals surface area contributed by atoms with Crippen molar-refractivity contribution in [1.29, 1.82) is 5.26 Å². The summed E-state index contributed by atoms with van der Waals surface area (Å²) in [7, 11) is 1.63. The smallest absolute Gasteiger partial charge is 0.310 e. The largest absolute Gasteiger partial charge is 0.466 e. The number of unbranched alkanes of at least 4 members (excludes halogenated alkanes) is 3. The van der Waals surface area contributed by atoms with Crippen LogP contribution in [0.25, 0.3) is 6.08 Å². The molecule has 0 aliphatic carbocycles. The Morgan fingerprint density at radius 2 is 2.03 bits per heavy atom. The maximum Gasteiger partial charge on any atom is 0.310 e. The van der Waals surface area contributed by atoms with E-state index in [1.807, 2.05) is 11.0 Å². The standard InChI is InChI=1S/C26H34N4O4S2/c1-5-7-8-9-13-30-24(32)21(36-26(30)35)14-19-17(3)20(15-27)23(31)28(4)22(19)29-12-10-11-18(16-29)25(33)34-6-2/h14,18H,5-13,16H2,1-4H3/b21-14-. The number of amides is 1. The summed E-state index contributed by atoms with van der Waals surface area (Å²) in [5.41, 5.74) is 0.789. The number of ether oxygens (including phenoxy) is 1. The van der Waals surface area contributed by atoms with E-state index in [0.29, 0.717) is 58.8 Å². The molecule has 1 unspecified atom stereocenters. The highest BCUT2D eigenvalue weighted by Gasteiger charge is 2.34. The average Bonchev–Trinajstić information content (AvgIpc) is 3.13. The number of aromatic nitrogens is 1. The lowest BCUT2D eigenvalue weighted by molar-refractivity contribution is -0.148. The highest BCUT2D eigenvalue weighted by molar-refractivity contribution is 8.26. The Balaban J connectivity index is 2.02. The van der Waals surface area contributed by atoms with Gasteiger partial charge in [-0.25, -0.2) is 0 Å². The molecule has 1 aromatic rings. The molecule has 0 N–H and O–H groups in total. The zero-order valence-corrected chi connectivity index (χ0v) is 23.1. The van der Waals surface area contributed by atoms with Crippen molar-refractivity contribution < 1.29 is 14.3 Å². The van der Waals surface area contributed by atoms with Gasteiger partial charge in [-0.05, 0) is 44.7 Å². The van der Waals surface area contributed by atoms with Crippen LogP contribution >= 0.6 is 24.0 Å². The van der Waals surface area contributed by atoms with Crippen LogP contribution in [0.1, 0.15) is 69.1 Å². The maximum atomic E-state index is 13.2. The van der Waals surface area contributed by atoms with E-state index in [-0.39, 0.29) is 23.4 Å². The molecule has 2 aliphatic heterocycles. The summed E-state index contributed by atoms with van der Waals surface area (Å²) in [5.74, 6) is -0.108. The van der Waals surface area contributed by atoms with Gasteiger partial charge in [-0.2, -0.15) is 5.26 Å². The Morgan fingerprint density at radius 1 is 1.28 bits per heavy atom. The molecule has 0 radical (unpaired) electrons. The van der Waals surface area contributed by atoms with Gasteiger partial charge in [0.05, 0.1) is 17.4 Å². The van der Waals surface area contributed by atoms with Crippen LogP contribution in [0, 0.1) is 24.2 Å². The van der Waals surface area contributed by atoms with Crippen LogP contribution in [0.3, 0.4) is 0 Å². The molecule has 194 valence electrons. The number of nitriles is 1. The van der Waals surface area contributed by atoms with Gasteiger partial charge in [0, 0.05) is 32.2 Å². The van der Waals surface area contributed by atoms with E-state index in [2.05, 4.69) is 6.92 Å². The number of nitrogens with zero attached hydrogens (tertiary/aromatic N) is 4. The third-order valence-electron chi connectivity index (χ3n) is 6.69. The summed E-state index contributed by atoms with van der Waals surface area (Å²) in [6.45, 7) is 7.59. The first kappa shape index (κ1) is 27.9. The third-order valence-corrected chi connectivity index (χ3v) is 8.07. The normalized spacial score (nSPS) is 19.2. The highest BCUT2D eigenvalue weighted by atomic mass is 32.2. The summed E-state index contributed by atoms with van der Waals surface area (Å²) in [6, 6.07) is 2.03. The molecule has 2 fully saturated rings. The molecule has 1 aromatic heterocycles. The first-order chi connectivity index (χ1) is 17.2. The van der Waals surface area contributed by atoms with Crippen LogP contribution < -0.4 is 10.5 Å². The first-order valence-corrected chi connectivity index (χ1v) is 13.8. The summed E-state index contributed by atoms with van der Waals surface area (Å²) >= 11 is 6.75. The summed E-state index contributed by atoms with van der Waals surface area (Å²) in [4.78, 5) is 42.8. The van der Waals surface area contributed by atoms with E-state index in [9.17, 15) is 19.6 Å². The zero-order valence-electron chi connectivity index (χ0n) is 21.5. The fourth-order valence-electron chi connectivity index (χ4n) is 4.74. The molecule has 3 rings (SSSR count). The molecule has 1 atom stereocenters. The molecule has 0 spiro atoms. The van der Waals surface area contributed by atoms with Crippen LogP contribution in [0.4, 0.5) is 5.82 Å². The number of carbonyl (C=O) groups excluding carboxylic acids is 2. The Morgan fingerprint density at radius 3 is 2.69 bits per heavy atom. The second kappa shape index (κ2) is 12.5. The Labute approximate surface area is 222 Å². The van der Waals surface area contributed by atoms with Gasteiger partial charge < -0.3 is 9.64 Å². The lowest BCUT2D eigenvalue weighted by Gasteiger charge is -2.35. The molecule has 0 aromatic carbocycles. The van der Waals surface area contributed by atoms with E-state index in [4.69, 9.17) is 17.0 Å². The van der Waals surface area contributed by atoms with Gasteiger partial charge in [0.25, 0.3) is 11.5 Å². The second-order valence-electron chi connectivity index (χ2n) is 9.14. The van der Waals surface area contributed by atoms with Crippen molar-refractivity contribution in [2.45, 2.75) is 59.3 Å². The summed E-state index contributed by atoms with van der Waals surface area (Å²) in [5, 5.41) is 9.70. The highest BCUT2D eigenvalue weighted by Crippen LogP contribution is 2.36. The van der Waals surface area contributed by atoms with Gasteiger partial charge in [-0.3, -0.25) is 23.9 Å². The molecule has 0 saturated carbocycles. The van der Waals surface area contributed by atoms with Crippen molar-refractivity contribution >= 4 is 52.1 Å². The Bertz CT molecular complexity index is 1170. The number of thioether (sulfide) groups is 1. The average molecular weight is 531 g/mol. The van der Waals surface area contributed by atoms with Gasteiger partial charge in [0.2, 0.25) is 0 Å². The predicted molar refractivity (Wildman–Crippen MR) is 147 cm³/mol. The molecule has 10 heteroatoms. The van der Waals surface area contributed by atoms with Crippen molar-refractivity contribution in [2.24, 2.45) is 13.0 Å². The fourth-order valence-corrected chi connectivity index (χ4v) is 6.03. The number of anilines is 1. The summed E-state index contributed by atoms with van der Waals surface area (Å²) < 4.78 is 7.22. The van der Waals surface area contributed by atoms with Crippen LogP contribution in [-0.4, -0.2) is 51.9 Å². The quantitative estimate of drug-likeness (QED) is 0.204. The van der Waals surface area contributed by atoms with Gasteiger partial charge in [0.1, 0.15) is 21.8 Å². The van der Waals surface area contributed by atoms with Crippen LogP contribution in [-0.2, 0) is 21.4 Å². The monoisotopic (exact) mass is 530 g/mol. The van der Waals surface area contributed by atoms with E-state index < -0.39 is 5.56 Å². The minimum Gasteiger partial charge on any atom is -0.466 e. The fraction of sp³-hybridized carbons (Fsp3) is 0.577. The Kier molecular flexibility index (Phi) is 9.74. The van der Waals surface area contributed by atoms with Crippen molar-refractivity contribution in [1.82, 2.24) is 9.47 Å². The number of thiocarbonyl (C=S) groups is 1. The van der Waals surface area contributed by atoms with Gasteiger partial charge in [0.15, 0.2) is 0 Å². The van der Waals surface area contributed by atoms with E-state index in [0.717, 1.165) is 32.1 Å². The number of carbonyl (C=O) groups is 2. The van der Waals surface area contributed by atoms with Crippen LogP contribution in [0.5, 0.6) is 0 Å². The zero-order chi connectivity index (χ0) is 26.4. The molecule has 8 nitrogen and oxygen atoms in total. The van der Waals surface area contributed by atoms with Crippen molar-refractivity contribution in [2.75, 3.05) is 31.1 Å². The summed E-state index contributed by atoms with van der Waals surface area (Å²) in [6.07, 6.45) is 7.38. The minimum atomic E-state index is -0.399. The predicted octanol–water partition coefficient (Wildman–Crippen LogP) is 4.13. The van der Waals surface area contributed by atoms with E-state index in [1.165, 1.54) is 16.3 Å². The molecule has 3 heterocycles. The van der Waals surface area contributed by atoms with Crippen LogP contribution in [0.15, 0.2) is 9.70 Å². The topological polar surface area (TPSA) is 95.6 Å². The minimum absolute atomic E-state index is 0.0431. The van der Waals surface area contributed by atoms with E-state index in [1.54, 1.807) is 31.9 Å².